The molecule has 0 spiro atoms. The Labute approximate surface area is 130 Å². The van der Waals surface area contributed by atoms with Crippen molar-refractivity contribution in [1.82, 2.24) is 5.32 Å². The molecule has 0 unspecified atom stereocenters. The summed E-state index contributed by atoms with van der Waals surface area (Å²) in [7, 11) is 0. The first-order chi connectivity index (χ1) is 10.6. The molecule has 0 bridgehead atoms. The van der Waals surface area contributed by atoms with Crippen molar-refractivity contribution in [2.45, 2.75) is 26.3 Å². The van der Waals surface area contributed by atoms with Crippen molar-refractivity contribution in [2.24, 2.45) is 0 Å². The van der Waals surface area contributed by atoms with Gasteiger partial charge in [0, 0.05) is 13.0 Å². The molecule has 1 N–H and O–H groups in total. The molecule has 0 saturated heterocycles. The Morgan fingerprint density at radius 1 is 1.18 bits per heavy atom. The zero-order chi connectivity index (χ0) is 15.8. The van der Waals surface area contributed by atoms with Gasteiger partial charge in [0.25, 0.3) is 0 Å². The highest BCUT2D eigenvalue weighted by atomic mass is 19.1. The quantitative estimate of drug-likeness (QED) is 0.793. The third kappa shape index (κ3) is 5.56. The summed E-state index contributed by atoms with van der Waals surface area (Å²) in [5.74, 6) is 0.521. The molecule has 22 heavy (non-hydrogen) atoms. The van der Waals surface area contributed by atoms with E-state index in [1.807, 2.05) is 31.2 Å². The summed E-state index contributed by atoms with van der Waals surface area (Å²) >= 11 is 0. The number of hydrogen-bond acceptors (Lipinski definition) is 2. The Morgan fingerprint density at radius 3 is 2.68 bits per heavy atom. The van der Waals surface area contributed by atoms with Crippen LogP contribution in [0.15, 0.2) is 48.5 Å². The number of carbonyl (C=O) groups is 1. The molecule has 2 aromatic rings. The average Bonchev–Trinajstić information content (AvgIpc) is 2.51. The number of nitrogens with one attached hydrogen (secondary N) is 1. The number of amides is 1. The van der Waals surface area contributed by atoms with Gasteiger partial charge in [-0.1, -0.05) is 24.3 Å². The average molecular weight is 301 g/mol. The highest BCUT2D eigenvalue weighted by molar-refractivity contribution is 5.75. The molecule has 0 saturated carbocycles. The van der Waals surface area contributed by atoms with Crippen LogP contribution in [-0.4, -0.2) is 12.5 Å². The summed E-state index contributed by atoms with van der Waals surface area (Å²) < 4.78 is 18.3. The van der Waals surface area contributed by atoms with E-state index in [4.69, 9.17) is 4.74 Å². The number of aryl methyl sites for hydroxylation is 1. The second-order valence-electron chi connectivity index (χ2n) is 5.17. The van der Waals surface area contributed by atoms with E-state index in [1.54, 1.807) is 12.1 Å². The molecule has 0 radical (unpaired) electrons. The van der Waals surface area contributed by atoms with Crippen LogP contribution in [-0.2, 0) is 11.3 Å². The van der Waals surface area contributed by atoms with Crippen molar-refractivity contribution in [3.05, 3.63) is 65.5 Å². The Balaban J connectivity index is 1.62. The van der Waals surface area contributed by atoms with E-state index < -0.39 is 0 Å². The van der Waals surface area contributed by atoms with Crippen molar-refractivity contribution in [3.63, 3.8) is 0 Å². The maximum absolute atomic E-state index is 12.8. The molecule has 0 heterocycles. The van der Waals surface area contributed by atoms with Gasteiger partial charge in [-0.15, -0.1) is 0 Å². The van der Waals surface area contributed by atoms with E-state index in [9.17, 15) is 9.18 Å². The molecular formula is C18H20FNO2. The molecule has 4 heteroatoms. The molecule has 116 valence electrons. The van der Waals surface area contributed by atoms with Crippen molar-refractivity contribution >= 4 is 5.91 Å². The van der Waals surface area contributed by atoms with Gasteiger partial charge in [0.15, 0.2) is 0 Å². The van der Waals surface area contributed by atoms with Gasteiger partial charge in [0.2, 0.25) is 5.91 Å². The molecule has 0 aliphatic heterocycles. The van der Waals surface area contributed by atoms with E-state index >= 15 is 0 Å². The van der Waals surface area contributed by atoms with Gasteiger partial charge in [-0.3, -0.25) is 4.79 Å². The zero-order valence-corrected chi connectivity index (χ0v) is 12.6. The smallest absolute Gasteiger partial charge is 0.220 e. The fraction of sp³-hybridized carbons (Fsp3) is 0.278. The van der Waals surface area contributed by atoms with Gasteiger partial charge in [-0.05, 0) is 48.7 Å². The van der Waals surface area contributed by atoms with E-state index in [0.717, 1.165) is 16.9 Å². The molecule has 2 aromatic carbocycles. The summed E-state index contributed by atoms with van der Waals surface area (Å²) in [5.41, 5.74) is 2.03. The SMILES string of the molecule is Cc1cccc(OCCCC(=O)NCc2ccc(F)cc2)c1. The lowest BCUT2D eigenvalue weighted by molar-refractivity contribution is -0.121. The topological polar surface area (TPSA) is 38.3 Å². The minimum atomic E-state index is -0.275. The van der Waals surface area contributed by atoms with E-state index in [0.29, 0.717) is 26.0 Å². The maximum Gasteiger partial charge on any atom is 0.220 e. The molecule has 1 amide bonds. The monoisotopic (exact) mass is 301 g/mol. The molecule has 0 aliphatic carbocycles. The normalized spacial score (nSPS) is 10.3. The number of benzene rings is 2. The first kappa shape index (κ1) is 16.0. The van der Waals surface area contributed by atoms with E-state index in [2.05, 4.69) is 5.32 Å². The van der Waals surface area contributed by atoms with Crippen molar-refractivity contribution < 1.29 is 13.9 Å². The second kappa shape index (κ2) is 8.17. The first-order valence-corrected chi connectivity index (χ1v) is 7.34. The Hall–Kier alpha value is -2.36. The third-order valence-electron chi connectivity index (χ3n) is 3.21. The third-order valence-corrected chi connectivity index (χ3v) is 3.21. The lowest BCUT2D eigenvalue weighted by Crippen LogP contribution is -2.22. The summed E-state index contributed by atoms with van der Waals surface area (Å²) in [6, 6.07) is 13.9. The molecule has 0 aromatic heterocycles. The number of rotatable bonds is 7. The fourth-order valence-electron chi connectivity index (χ4n) is 2.02. The van der Waals surface area contributed by atoms with Gasteiger partial charge in [-0.25, -0.2) is 4.39 Å². The molecular weight excluding hydrogens is 281 g/mol. The Kier molecular flexibility index (Phi) is 5.95. The van der Waals surface area contributed by atoms with E-state index in [1.165, 1.54) is 12.1 Å². The molecule has 0 atom stereocenters. The standard InChI is InChI=1S/C18H20FNO2/c1-14-4-2-5-17(12-14)22-11-3-6-18(21)20-13-15-7-9-16(19)10-8-15/h2,4-5,7-10,12H,3,6,11,13H2,1H3,(H,20,21). The summed E-state index contributed by atoms with van der Waals surface area (Å²) in [6.07, 6.45) is 1.07. The van der Waals surface area contributed by atoms with Gasteiger partial charge < -0.3 is 10.1 Å². The number of ether oxygens (including phenoxy) is 1. The predicted molar refractivity (Wildman–Crippen MR) is 84.2 cm³/mol. The van der Waals surface area contributed by atoms with Crippen LogP contribution in [0.5, 0.6) is 5.75 Å². The summed E-state index contributed by atoms with van der Waals surface area (Å²) in [5, 5.41) is 2.81. The van der Waals surface area contributed by atoms with Gasteiger partial charge in [-0.2, -0.15) is 0 Å². The summed E-state index contributed by atoms with van der Waals surface area (Å²) in [6.45, 7) is 2.93. The highest BCUT2D eigenvalue weighted by Gasteiger charge is 2.02. The van der Waals surface area contributed by atoms with Crippen LogP contribution in [0.1, 0.15) is 24.0 Å². The lowest BCUT2D eigenvalue weighted by atomic mass is 10.2. The molecule has 0 fully saturated rings. The summed E-state index contributed by atoms with van der Waals surface area (Å²) in [4.78, 5) is 11.7. The zero-order valence-electron chi connectivity index (χ0n) is 12.6. The number of hydrogen-bond donors (Lipinski definition) is 1. The van der Waals surface area contributed by atoms with E-state index in [-0.39, 0.29) is 11.7 Å². The minimum absolute atomic E-state index is 0.0304. The van der Waals surface area contributed by atoms with Crippen LogP contribution in [0.3, 0.4) is 0 Å². The van der Waals surface area contributed by atoms with Gasteiger partial charge >= 0.3 is 0 Å². The minimum Gasteiger partial charge on any atom is -0.494 e. The fourth-order valence-corrected chi connectivity index (χ4v) is 2.02. The van der Waals surface area contributed by atoms with Crippen LogP contribution >= 0.6 is 0 Å². The van der Waals surface area contributed by atoms with Crippen molar-refractivity contribution in [1.29, 1.82) is 0 Å². The number of halogens is 1. The molecule has 0 aliphatic rings. The van der Waals surface area contributed by atoms with Crippen molar-refractivity contribution in [3.8, 4) is 5.75 Å². The van der Waals surface area contributed by atoms with Gasteiger partial charge in [0.1, 0.15) is 11.6 Å². The lowest BCUT2D eigenvalue weighted by Gasteiger charge is -2.08. The van der Waals surface area contributed by atoms with Crippen LogP contribution < -0.4 is 10.1 Å². The van der Waals surface area contributed by atoms with Crippen LogP contribution in [0, 0.1) is 12.7 Å². The second-order valence-corrected chi connectivity index (χ2v) is 5.17. The van der Waals surface area contributed by atoms with Crippen LogP contribution in [0.25, 0.3) is 0 Å². The maximum atomic E-state index is 12.8. The molecule has 2 rings (SSSR count). The van der Waals surface area contributed by atoms with Gasteiger partial charge in [0.05, 0.1) is 6.61 Å². The van der Waals surface area contributed by atoms with Crippen LogP contribution in [0.2, 0.25) is 0 Å². The number of carbonyl (C=O) groups excluding carboxylic acids is 1. The Bertz CT molecular complexity index is 611. The molecule has 3 nitrogen and oxygen atoms in total. The largest absolute Gasteiger partial charge is 0.494 e. The first-order valence-electron chi connectivity index (χ1n) is 7.34. The van der Waals surface area contributed by atoms with Crippen LogP contribution in [0.4, 0.5) is 4.39 Å². The highest BCUT2D eigenvalue weighted by Crippen LogP contribution is 2.12. The van der Waals surface area contributed by atoms with Crippen molar-refractivity contribution in [2.75, 3.05) is 6.61 Å². The predicted octanol–water partition coefficient (Wildman–Crippen LogP) is 3.61. The Morgan fingerprint density at radius 2 is 1.95 bits per heavy atom.